The molecular weight excluding hydrogens is 302 g/mol. The van der Waals surface area contributed by atoms with Crippen molar-refractivity contribution in [3.8, 4) is 0 Å². The van der Waals surface area contributed by atoms with Crippen LogP contribution in [-0.2, 0) is 6.42 Å². The number of hydrogen-bond acceptors (Lipinski definition) is 4. The smallest absolute Gasteiger partial charge is 0.287 e. The van der Waals surface area contributed by atoms with Gasteiger partial charge in [0.15, 0.2) is 5.76 Å². The van der Waals surface area contributed by atoms with E-state index in [1.165, 1.54) is 5.56 Å². The Kier molecular flexibility index (Phi) is 5.00. The summed E-state index contributed by atoms with van der Waals surface area (Å²) in [5.41, 5.74) is 2.25. The number of carbonyl (C=O) groups excluding carboxylic acids is 1. The van der Waals surface area contributed by atoms with E-state index in [1.807, 2.05) is 32.2 Å². The number of nitrogens with one attached hydrogen (secondary N) is 1. The Morgan fingerprint density at radius 3 is 3.00 bits per heavy atom. The van der Waals surface area contributed by atoms with Crippen LogP contribution in [-0.4, -0.2) is 35.9 Å². The monoisotopic (exact) mass is 327 g/mol. The molecular formula is C19H25N3O2. The number of amides is 1. The summed E-state index contributed by atoms with van der Waals surface area (Å²) < 4.78 is 5.64. The predicted molar refractivity (Wildman–Crippen MR) is 92.9 cm³/mol. The van der Waals surface area contributed by atoms with E-state index in [4.69, 9.17) is 4.42 Å². The second-order valence-electron chi connectivity index (χ2n) is 6.54. The Labute approximate surface area is 143 Å². The molecule has 0 aromatic carbocycles. The zero-order valence-electron chi connectivity index (χ0n) is 14.6. The molecule has 1 N–H and O–H groups in total. The summed E-state index contributed by atoms with van der Waals surface area (Å²) >= 11 is 0. The van der Waals surface area contributed by atoms with Crippen LogP contribution in [0.3, 0.4) is 0 Å². The van der Waals surface area contributed by atoms with Crippen LogP contribution in [0.25, 0.3) is 0 Å². The van der Waals surface area contributed by atoms with E-state index in [1.54, 1.807) is 6.20 Å². The summed E-state index contributed by atoms with van der Waals surface area (Å²) in [7, 11) is 2.13. The van der Waals surface area contributed by atoms with Crippen LogP contribution in [0.1, 0.15) is 46.8 Å². The molecule has 3 heterocycles. The van der Waals surface area contributed by atoms with Crippen LogP contribution in [0.2, 0.25) is 0 Å². The van der Waals surface area contributed by atoms with E-state index >= 15 is 0 Å². The van der Waals surface area contributed by atoms with Gasteiger partial charge in [0, 0.05) is 31.4 Å². The number of carbonyl (C=O) groups is 1. The summed E-state index contributed by atoms with van der Waals surface area (Å²) in [4.78, 5) is 18.9. The topological polar surface area (TPSA) is 58.4 Å². The summed E-state index contributed by atoms with van der Waals surface area (Å²) in [6.07, 6.45) is 5.58. The zero-order chi connectivity index (χ0) is 17.1. The first-order valence-corrected chi connectivity index (χ1v) is 8.57. The number of likely N-dealkylation sites (tertiary alicyclic amines) is 1. The van der Waals surface area contributed by atoms with Crippen molar-refractivity contribution in [3.05, 3.63) is 53.2 Å². The molecule has 24 heavy (non-hydrogen) atoms. The molecule has 2 aromatic heterocycles. The van der Waals surface area contributed by atoms with Crippen molar-refractivity contribution in [2.24, 2.45) is 5.92 Å². The first-order valence-electron chi connectivity index (χ1n) is 8.57. The lowest BCUT2D eigenvalue weighted by molar-refractivity contribution is 0.0914. The van der Waals surface area contributed by atoms with Gasteiger partial charge in [-0.2, -0.15) is 0 Å². The van der Waals surface area contributed by atoms with E-state index in [0.29, 0.717) is 24.3 Å². The Balaban J connectivity index is 1.65. The normalized spacial score (nSPS) is 21.1. The van der Waals surface area contributed by atoms with Gasteiger partial charge in [-0.15, -0.1) is 0 Å². The fourth-order valence-electron chi connectivity index (χ4n) is 3.61. The van der Waals surface area contributed by atoms with E-state index < -0.39 is 0 Å². The number of rotatable bonds is 5. The zero-order valence-corrected chi connectivity index (χ0v) is 14.6. The van der Waals surface area contributed by atoms with Gasteiger partial charge in [0.2, 0.25) is 0 Å². The lowest BCUT2D eigenvalue weighted by atomic mass is 9.95. The van der Waals surface area contributed by atoms with Crippen LogP contribution >= 0.6 is 0 Å². The number of aromatic nitrogens is 1. The first-order chi connectivity index (χ1) is 11.6. The molecule has 1 fully saturated rings. The Bertz CT molecular complexity index is 696. The largest absolute Gasteiger partial charge is 0.456 e. The first kappa shape index (κ1) is 16.7. The van der Waals surface area contributed by atoms with Crippen LogP contribution < -0.4 is 5.32 Å². The second-order valence-corrected chi connectivity index (χ2v) is 6.54. The third kappa shape index (κ3) is 3.36. The lowest BCUT2D eigenvalue weighted by Crippen LogP contribution is -2.32. The molecule has 0 bridgehead atoms. The molecule has 128 valence electrons. The minimum absolute atomic E-state index is 0.128. The van der Waals surface area contributed by atoms with Crippen molar-refractivity contribution in [3.63, 3.8) is 0 Å². The predicted octanol–water partition coefficient (Wildman–Crippen LogP) is 2.97. The molecule has 5 heteroatoms. The van der Waals surface area contributed by atoms with Crippen molar-refractivity contribution < 1.29 is 9.21 Å². The van der Waals surface area contributed by atoms with Crippen molar-refractivity contribution in [1.82, 2.24) is 15.2 Å². The van der Waals surface area contributed by atoms with Crippen molar-refractivity contribution in [1.29, 1.82) is 0 Å². The van der Waals surface area contributed by atoms with Gasteiger partial charge in [-0.25, -0.2) is 0 Å². The average molecular weight is 327 g/mol. The van der Waals surface area contributed by atoms with Crippen molar-refractivity contribution >= 4 is 5.91 Å². The van der Waals surface area contributed by atoms with Gasteiger partial charge >= 0.3 is 0 Å². The minimum Gasteiger partial charge on any atom is -0.456 e. The lowest BCUT2D eigenvalue weighted by Gasteiger charge is -2.25. The summed E-state index contributed by atoms with van der Waals surface area (Å²) in [6, 6.07) is 6.20. The van der Waals surface area contributed by atoms with Gasteiger partial charge in [-0.1, -0.05) is 13.0 Å². The van der Waals surface area contributed by atoms with Crippen LogP contribution in [0, 0.1) is 12.8 Å². The minimum atomic E-state index is -0.128. The summed E-state index contributed by atoms with van der Waals surface area (Å²) in [5, 5.41) is 3.05. The van der Waals surface area contributed by atoms with Crippen molar-refractivity contribution in [2.75, 3.05) is 20.1 Å². The third-order valence-corrected chi connectivity index (χ3v) is 4.89. The highest BCUT2D eigenvalue weighted by atomic mass is 16.4. The molecule has 1 aliphatic heterocycles. The van der Waals surface area contributed by atoms with Gasteiger partial charge in [-0.05, 0) is 56.1 Å². The highest BCUT2D eigenvalue weighted by molar-refractivity contribution is 5.91. The average Bonchev–Trinajstić information content (AvgIpc) is 3.16. The Morgan fingerprint density at radius 2 is 2.33 bits per heavy atom. The van der Waals surface area contributed by atoms with E-state index in [9.17, 15) is 4.79 Å². The molecule has 5 nitrogen and oxygen atoms in total. The summed E-state index contributed by atoms with van der Waals surface area (Å²) in [5.74, 6) is 1.55. The standard InChI is InChI=1S/C19H25N3O2/c1-4-16-13(2)10-17(24-16)19(23)21-12-15-7-9-22(3)18(15)14-6-5-8-20-11-14/h5-6,8,10-11,15,18H,4,7,9,12H2,1-3H3,(H,21,23)/t15-,18-/m0/s1. The number of hydrogen-bond donors (Lipinski definition) is 1. The quantitative estimate of drug-likeness (QED) is 0.917. The second kappa shape index (κ2) is 7.18. The molecule has 1 amide bonds. The van der Waals surface area contributed by atoms with E-state index in [2.05, 4.69) is 28.3 Å². The molecule has 3 rings (SSSR count). The fraction of sp³-hybridized carbons (Fsp3) is 0.474. The maximum Gasteiger partial charge on any atom is 0.287 e. The van der Waals surface area contributed by atoms with E-state index in [0.717, 1.165) is 30.7 Å². The van der Waals surface area contributed by atoms with Crippen LogP contribution in [0.15, 0.2) is 35.0 Å². The fourth-order valence-corrected chi connectivity index (χ4v) is 3.61. The van der Waals surface area contributed by atoms with Gasteiger partial charge < -0.3 is 9.73 Å². The van der Waals surface area contributed by atoms with Crippen LogP contribution in [0.5, 0.6) is 0 Å². The highest BCUT2D eigenvalue weighted by Crippen LogP contribution is 2.35. The van der Waals surface area contributed by atoms with Gasteiger partial charge in [0.1, 0.15) is 5.76 Å². The molecule has 1 aliphatic rings. The van der Waals surface area contributed by atoms with Crippen LogP contribution in [0.4, 0.5) is 0 Å². The molecule has 0 saturated carbocycles. The maximum atomic E-state index is 12.4. The molecule has 1 saturated heterocycles. The molecule has 0 unspecified atom stereocenters. The molecule has 0 aliphatic carbocycles. The molecule has 2 aromatic rings. The van der Waals surface area contributed by atoms with Gasteiger partial charge in [0.25, 0.3) is 5.91 Å². The summed E-state index contributed by atoms with van der Waals surface area (Å²) in [6.45, 7) is 5.67. The Morgan fingerprint density at radius 1 is 1.50 bits per heavy atom. The number of pyridine rings is 1. The molecule has 0 radical (unpaired) electrons. The maximum absolute atomic E-state index is 12.4. The van der Waals surface area contributed by atoms with Gasteiger partial charge in [-0.3, -0.25) is 14.7 Å². The molecule has 0 spiro atoms. The van der Waals surface area contributed by atoms with Crippen molar-refractivity contribution in [2.45, 2.75) is 32.7 Å². The SMILES string of the molecule is CCc1oc(C(=O)NC[C@@H]2CCN(C)[C@H]2c2cccnc2)cc1C. The third-order valence-electron chi connectivity index (χ3n) is 4.89. The van der Waals surface area contributed by atoms with Gasteiger partial charge in [0.05, 0.1) is 0 Å². The number of nitrogens with zero attached hydrogens (tertiary/aromatic N) is 2. The number of aryl methyl sites for hydroxylation is 2. The van der Waals surface area contributed by atoms with E-state index in [-0.39, 0.29) is 5.91 Å². The Hall–Kier alpha value is -2.14. The number of furan rings is 1. The molecule has 2 atom stereocenters. The highest BCUT2D eigenvalue weighted by Gasteiger charge is 2.33.